The third-order valence-electron chi connectivity index (χ3n) is 3.95. The summed E-state index contributed by atoms with van der Waals surface area (Å²) < 4.78 is 11.4. The Morgan fingerprint density at radius 2 is 1.85 bits per heavy atom. The second-order valence-corrected chi connectivity index (χ2v) is 6.57. The summed E-state index contributed by atoms with van der Waals surface area (Å²) in [4.78, 5) is 12.5. The van der Waals surface area contributed by atoms with E-state index in [2.05, 4.69) is 37.9 Å². The van der Waals surface area contributed by atoms with Crippen molar-refractivity contribution in [3.8, 4) is 11.5 Å². The largest absolute Gasteiger partial charge is 0.490 e. The molecule has 2 rings (SSSR count). The van der Waals surface area contributed by atoms with Gasteiger partial charge in [-0.2, -0.15) is 0 Å². The Balaban J connectivity index is 2.01. The molecule has 1 N–H and O–H groups in total. The highest BCUT2D eigenvalue weighted by Crippen LogP contribution is 2.28. The molecule has 0 aliphatic carbocycles. The number of carbonyl (C=O) groups excluding carboxylic acids is 1. The van der Waals surface area contributed by atoms with Crippen LogP contribution in [-0.4, -0.2) is 18.6 Å². The molecule has 4 nitrogen and oxygen atoms in total. The first-order valence-electron chi connectivity index (χ1n) is 8.82. The lowest BCUT2D eigenvalue weighted by Gasteiger charge is -2.19. The quantitative estimate of drug-likeness (QED) is 0.673. The van der Waals surface area contributed by atoms with Gasteiger partial charge in [-0.15, -0.1) is 0 Å². The monoisotopic (exact) mass is 353 g/mol. The van der Waals surface area contributed by atoms with Crippen molar-refractivity contribution in [2.24, 2.45) is 0 Å². The Morgan fingerprint density at radius 1 is 1.15 bits per heavy atom. The lowest BCUT2D eigenvalue weighted by atomic mass is 10.0. The third kappa shape index (κ3) is 5.38. The smallest absolute Gasteiger partial charge is 0.265 e. The summed E-state index contributed by atoms with van der Waals surface area (Å²) in [6, 6.07) is 13.3. The van der Waals surface area contributed by atoms with E-state index in [1.54, 1.807) is 25.1 Å². The third-order valence-corrected chi connectivity index (χ3v) is 3.95. The van der Waals surface area contributed by atoms with Gasteiger partial charge in [-0.1, -0.05) is 38.6 Å². The van der Waals surface area contributed by atoms with Crippen LogP contribution in [0.5, 0.6) is 11.5 Å². The predicted octanol–water partition coefficient (Wildman–Crippen LogP) is 5.09. The average molecular weight is 353 g/mol. The fourth-order valence-corrected chi connectivity index (χ4v) is 2.50. The van der Waals surface area contributed by atoms with Crippen LogP contribution in [0.1, 0.15) is 37.8 Å². The zero-order valence-electron chi connectivity index (χ0n) is 15.9. The molecule has 0 aromatic heterocycles. The number of aryl methyl sites for hydroxylation is 1. The van der Waals surface area contributed by atoms with E-state index >= 15 is 0 Å². The lowest BCUT2D eigenvalue weighted by molar-refractivity contribution is -0.122. The molecule has 2 aromatic rings. The first-order chi connectivity index (χ1) is 12.4. The van der Waals surface area contributed by atoms with E-state index in [0.717, 1.165) is 22.6 Å². The summed E-state index contributed by atoms with van der Waals surface area (Å²) in [7, 11) is 0. The first-order valence-corrected chi connectivity index (χ1v) is 8.82. The van der Waals surface area contributed by atoms with Gasteiger partial charge in [0, 0.05) is 5.69 Å². The second kappa shape index (κ2) is 9.09. The lowest BCUT2D eigenvalue weighted by Crippen LogP contribution is -2.30. The van der Waals surface area contributed by atoms with Crippen LogP contribution in [0.15, 0.2) is 55.1 Å². The molecule has 1 amide bonds. The van der Waals surface area contributed by atoms with Crippen molar-refractivity contribution in [1.82, 2.24) is 0 Å². The minimum Gasteiger partial charge on any atom is -0.490 e. The van der Waals surface area contributed by atoms with Crippen molar-refractivity contribution in [3.05, 3.63) is 66.2 Å². The molecule has 0 fully saturated rings. The van der Waals surface area contributed by atoms with E-state index in [-0.39, 0.29) is 5.91 Å². The molecule has 2 aromatic carbocycles. The van der Waals surface area contributed by atoms with Gasteiger partial charge in [0.25, 0.3) is 5.91 Å². The van der Waals surface area contributed by atoms with Crippen molar-refractivity contribution >= 4 is 11.6 Å². The Morgan fingerprint density at radius 3 is 2.46 bits per heavy atom. The summed E-state index contributed by atoms with van der Waals surface area (Å²) in [5.41, 5.74) is 2.90. The van der Waals surface area contributed by atoms with Crippen LogP contribution in [-0.2, 0) is 4.79 Å². The standard InChI is InChI=1S/C22H27NO3/c1-6-13-25-19-10-8-18(9-11-19)23-22(24)17(5)26-21-14-16(4)7-12-20(21)15(2)3/h6-12,14-15,17H,1,13H2,2-5H3,(H,23,24)/t17-/m0/s1. The topological polar surface area (TPSA) is 47.6 Å². The fourth-order valence-electron chi connectivity index (χ4n) is 2.50. The summed E-state index contributed by atoms with van der Waals surface area (Å²) in [5.74, 6) is 1.62. The van der Waals surface area contributed by atoms with Crippen LogP contribution in [0, 0.1) is 6.92 Å². The molecule has 0 radical (unpaired) electrons. The number of hydrogen-bond acceptors (Lipinski definition) is 3. The van der Waals surface area contributed by atoms with E-state index in [9.17, 15) is 4.79 Å². The highest BCUT2D eigenvalue weighted by atomic mass is 16.5. The highest BCUT2D eigenvalue weighted by molar-refractivity contribution is 5.94. The van der Waals surface area contributed by atoms with E-state index in [4.69, 9.17) is 9.47 Å². The van der Waals surface area contributed by atoms with Gasteiger partial charge in [-0.3, -0.25) is 4.79 Å². The van der Waals surface area contributed by atoms with Gasteiger partial charge >= 0.3 is 0 Å². The van der Waals surface area contributed by atoms with Crippen LogP contribution in [0.3, 0.4) is 0 Å². The SMILES string of the molecule is C=CCOc1ccc(NC(=O)[C@H](C)Oc2cc(C)ccc2C(C)C)cc1. The summed E-state index contributed by atoms with van der Waals surface area (Å²) in [6.07, 6.45) is 1.08. The van der Waals surface area contributed by atoms with Crippen molar-refractivity contribution in [1.29, 1.82) is 0 Å². The maximum Gasteiger partial charge on any atom is 0.265 e. The molecule has 0 saturated heterocycles. The molecular weight excluding hydrogens is 326 g/mol. The number of ether oxygens (including phenoxy) is 2. The van der Waals surface area contributed by atoms with Gasteiger partial charge in [0.15, 0.2) is 6.10 Å². The molecule has 0 spiro atoms. The van der Waals surface area contributed by atoms with E-state index in [0.29, 0.717) is 18.2 Å². The number of amides is 1. The molecule has 0 saturated carbocycles. The predicted molar refractivity (Wildman–Crippen MR) is 106 cm³/mol. The number of nitrogens with one attached hydrogen (secondary N) is 1. The van der Waals surface area contributed by atoms with Gasteiger partial charge < -0.3 is 14.8 Å². The van der Waals surface area contributed by atoms with E-state index in [1.165, 1.54) is 0 Å². The fraction of sp³-hybridized carbons (Fsp3) is 0.318. The Hall–Kier alpha value is -2.75. The number of benzene rings is 2. The van der Waals surface area contributed by atoms with Crippen molar-refractivity contribution in [3.63, 3.8) is 0 Å². The van der Waals surface area contributed by atoms with Crippen molar-refractivity contribution < 1.29 is 14.3 Å². The van der Waals surface area contributed by atoms with E-state index in [1.807, 2.05) is 25.1 Å². The normalized spacial score (nSPS) is 11.7. The van der Waals surface area contributed by atoms with Gasteiger partial charge in [-0.25, -0.2) is 0 Å². The molecule has 1 atom stereocenters. The van der Waals surface area contributed by atoms with Crippen LogP contribution in [0.4, 0.5) is 5.69 Å². The summed E-state index contributed by atoms with van der Waals surface area (Å²) in [5, 5.41) is 2.87. The number of carbonyl (C=O) groups is 1. The molecular formula is C22H27NO3. The number of anilines is 1. The Bertz CT molecular complexity index is 750. The van der Waals surface area contributed by atoms with Crippen molar-refractivity contribution in [2.75, 3.05) is 11.9 Å². The Kier molecular flexibility index (Phi) is 6.84. The molecule has 4 heteroatoms. The minimum atomic E-state index is -0.606. The van der Waals surface area contributed by atoms with Gasteiger partial charge in [0.1, 0.15) is 18.1 Å². The zero-order chi connectivity index (χ0) is 19.1. The average Bonchev–Trinajstić information content (AvgIpc) is 2.60. The maximum atomic E-state index is 12.5. The minimum absolute atomic E-state index is 0.194. The van der Waals surface area contributed by atoms with E-state index < -0.39 is 6.10 Å². The van der Waals surface area contributed by atoms with Gasteiger partial charge in [0.05, 0.1) is 0 Å². The highest BCUT2D eigenvalue weighted by Gasteiger charge is 2.18. The van der Waals surface area contributed by atoms with Gasteiger partial charge in [0.2, 0.25) is 0 Å². The summed E-state index contributed by atoms with van der Waals surface area (Å²) in [6.45, 7) is 12.0. The van der Waals surface area contributed by atoms with Crippen LogP contribution >= 0.6 is 0 Å². The molecule has 26 heavy (non-hydrogen) atoms. The van der Waals surface area contributed by atoms with Crippen LogP contribution < -0.4 is 14.8 Å². The second-order valence-electron chi connectivity index (χ2n) is 6.57. The molecule has 0 unspecified atom stereocenters. The maximum absolute atomic E-state index is 12.5. The van der Waals surface area contributed by atoms with Gasteiger partial charge in [-0.05, 0) is 61.2 Å². The number of hydrogen-bond donors (Lipinski definition) is 1. The van der Waals surface area contributed by atoms with Crippen LogP contribution in [0.25, 0.3) is 0 Å². The first kappa shape index (κ1) is 19.6. The molecule has 0 bridgehead atoms. The zero-order valence-corrected chi connectivity index (χ0v) is 15.9. The molecule has 0 aliphatic rings. The molecule has 0 aliphatic heterocycles. The van der Waals surface area contributed by atoms with Crippen LogP contribution in [0.2, 0.25) is 0 Å². The Labute approximate surface area is 155 Å². The summed E-state index contributed by atoms with van der Waals surface area (Å²) >= 11 is 0. The molecule has 138 valence electrons. The van der Waals surface area contributed by atoms with Crippen molar-refractivity contribution in [2.45, 2.75) is 39.7 Å². The number of rotatable bonds is 8. The molecule has 0 heterocycles.